The number of amides is 1. The van der Waals surface area contributed by atoms with Crippen molar-refractivity contribution in [2.75, 3.05) is 20.2 Å². The number of carbonyl (C=O) groups excluding carboxylic acids is 1. The van der Waals surface area contributed by atoms with E-state index in [2.05, 4.69) is 32.1 Å². The van der Waals surface area contributed by atoms with Crippen LogP contribution in [0.4, 0.5) is 4.79 Å². The van der Waals surface area contributed by atoms with E-state index < -0.39 is 0 Å². The third kappa shape index (κ3) is 2.93. The molecule has 2 fully saturated rings. The second kappa shape index (κ2) is 6.92. The molecular formula is C20H23N5O3. The number of hydrogen-bond acceptors (Lipinski definition) is 6. The Balaban J connectivity index is 1.35. The molecule has 1 aliphatic carbocycles. The van der Waals surface area contributed by atoms with E-state index in [0.717, 1.165) is 29.3 Å². The minimum atomic E-state index is -0.277. The Labute approximate surface area is 162 Å². The number of piperidine rings is 1. The van der Waals surface area contributed by atoms with Gasteiger partial charge < -0.3 is 14.2 Å². The monoisotopic (exact) mass is 381 g/mol. The molecule has 1 amide bonds. The minimum absolute atomic E-state index is 0.173. The Hall–Kier alpha value is -2.90. The summed E-state index contributed by atoms with van der Waals surface area (Å²) >= 11 is 0. The summed E-state index contributed by atoms with van der Waals surface area (Å²) in [6.07, 6.45) is 6.90. The molecule has 0 radical (unpaired) electrons. The molecule has 2 aromatic heterocycles. The quantitative estimate of drug-likeness (QED) is 0.687. The van der Waals surface area contributed by atoms with Crippen LogP contribution in [0.2, 0.25) is 0 Å². The highest BCUT2D eigenvalue weighted by atomic mass is 16.5. The van der Waals surface area contributed by atoms with E-state index in [1.54, 1.807) is 4.90 Å². The van der Waals surface area contributed by atoms with Gasteiger partial charge in [0.25, 0.3) is 0 Å². The highest BCUT2D eigenvalue weighted by Gasteiger charge is 2.28. The molecule has 1 saturated heterocycles. The summed E-state index contributed by atoms with van der Waals surface area (Å²) < 4.78 is 12.5. The van der Waals surface area contributed by atoms with Crippen LogP contribution in [0.5, 0.6) is 0 Å². The fraction of sp³-hybridized carbons (Fsp3) is 0.500. The van der Waals surface area contributed by atoms with Crippen molar-refractivity contribution in [1.29, 1.82) is 0 Å². The van der Waals surface area contributed by atoms with Crippen LogP contribution in [0, 0.1) is 0 Å². The van der Waals surface area contributed by atoms with Gasteiger partial charge in [-0.3, -0.25) is 4.68 Å². The number of likely N-dealkylation sites (tertiary alicyclic amines) is 1. The first kappa shape index (κ1) is 17.2. The third-order valence-corrected chi connectivity index (χ3v) is 6.00. The van der Waals surface area contributed by atoms with Crippen LogP contribution in [0.3, 0.4) is 0 Å². The Morgan fingerprint density at radius 2 is 2.04 bits per heavy atom. The second-order valence-electron chi connectivity index (χ2n) is 7.64. The lowest BCUT2D eigenvalue weighted by molar-refractivity contribution is 0.109. The number of hydrogen-bond donors (Lipinski definition) is 0. The van der Waals surface area contributed by atoms with Crippen molar-refractivity contribution in [2.45, 2.75) is 44.1 Å². The third-order valence-electron chi connectivity index (χ3n) is 6.00. The average Bonchev–Trinajstić information content (AvgIpc) is 3.34. The predicted molar refractivity (Wildman–Crippen MR) is 102 cm³/mol. The number of nitrogens with zero attached hydrogens (tertiary/aromatic N) is 5. The zero-order valence-corrected chi connectivity index (χ0v) is 15.9. The Morgan fingerprint density at radius 1 is 1.21 bits per heavy atom. The molecule has 5 rings (SSSR count). The van der Waals surface area contributed by atoms with E-state index in [1.807, 2.05) is 12.3 Å². The molecule has 1 aliphatic heterocycles. The van der Waals surface area contributed by atoms with Gasteiger partial charge in [-0.05, 0) is 38.2 Å². The maximum atomic E-state index is 11.6. The van der Waals surface area contributed by atoms with Gasteiger partial charge in [0.15, 0.2) is 0 Å². The summed E-state index contributed by atoms with van der Waals surface area (Å²) in [6, 6.07) is 6.70. The average molecular weight is 381 g/mol. The van der Waals surface area contributed by atoms with E-state index in [0.29, 0.717) is 30.8 Å². The lowest BCUT2D eigenvalue weighted by Crippen LogP contribution is -2.37. The highest BCUT2D eigenvalue weighted by Crippen LogP contribution is 2.35. The molecule has 1 saturated carbocycles. The Morgan fingerprint density at radius 3 is 2.75 bits per heavy atom. The van der Waals surface area contributed by atoms with Gasteiger partial charge in [0.2, 0.25) is 11.7 Å². The SMILES string of the molecule is COC(=O)N1CCC(c2nc(-c3ccc4cnn(C5CCC5)c4c3)no2)CC1. The van der Waals surface area contributed by atoms with Gasteiger partial charge in [0, 0.05) is 30.0 Å². The number of carbonyl (C=O) groups is 1. The van der Waals surface area contributed by atoms with E-state index in [9.17, 15) is 4.79 Å². The molecule has 2 aliphatic rings. The van der Waals surface area contributed by atoms with Crippen molar-refractivity contribution >= 4 is 17.0 Å². The number of fused-ring (bicyclic) bond motifs is 1. The van der Waals surface area contributed by atoms with E-state index in [4.69, 9.17) is 9.26 Å². The first-order valence-corrected chi connectivity index (χ1v) is 9.87. The number of methoxy groups -OCH3 is 1. The molecule has 3 aromatic rings. The summed E-state index contributed by atoms with van der Waals surface area (Å²) in [5.41, 5.74) is 2.07. The summed E-state index contributed by atoms with van der Waals surface area (Å²) in [5.74, 6) is 1.42. The maximum absolute atomic E-state index is 11.6. The minimum Gasteiger partial charge on any atom is -0.453 e. The van der Waals surface area contributed by atoms with Crippen LogP contribution in [-0.4, -0.2) is 51.1 Å². The number of aromatic nitrogens is 4. The smallest absolute Gasteiger partial charge is 0.409 e. The van der Waals surface area contributed by atoms with E-state index in [1.165, 1.54) is 26.4 Å². The summed E-state index contributed by atoms with van der Waals surface area (Å²) in [5, 5.41) is 9.91. The molecular weight excluding hydrogens is 358 g/mol. The molecule has 0 bridgehead atoms. The first-order chi connectivity index (χ1) is 13.7. The molecule has 8 heteroatoms. The van der Waals surface area contributed by atoms with Crippen molar-refractivity contribution in [3.8, 4) is 11.4 Å². The van der Waals surface area contributed by atoms with Crippen molar-refractivity contribution in [3.63, 3.8) is 0 Å². The zero-order chi connectivity index (χ0) is 19.1. The van der Waals surface area contributed by atoms with Gasteiger partial charge in [-0.1, -0.05) is 17.3 Å². The fourth-order valence-electron chi connectivity index (χ4n) is 4.06. The van der Waals surface area contributed by atoms with Crippen molar-refractivity contribution in [2.24, 2.45) is 0 Å². The van der Waals surface area contributed by atoms with Crippen LogP contribution in [0.25, 0.3) is 22.3 Å². The molecule has 1 aromatic carbocycles. The number of ether oxygens (including phenoxy) is 1. The van der Waals surface area contributed by atoms with Gasteiger partial charge in [-0.2, -0.15) is 10.1 Å². The molecule has 8 nitrogen and oxygen atoms in total. The fourth-order valence-corrected chi connectivity index (χ4v) is 4.06. The standard InChI is InChI=1S/C20H23N5O3/c1-27-20(26)24-9-7-13(8-10-24)19-22-18(23-28-19)14-5-6-15-12-21-25(17(15)11-14)16-3-2-4-16/h5-6,11-13,16H,2-4,7-10H2,1H3. The van der Waals surface area contributed by atoms with Crippen molar-refractivity contribution < 1.29 is 14.1 Å². The van der Waals surface area contributed by atoms with Gasteiger partial charge in [0.1, 0.15) is 0 Å². The molecule has 0 N–H and O–H groups in total. The normalized spacial score (nSPS) is 18.4. The second-order valence-corrected chi connectivity index (χ2v) is 7.64. The van der Waals surface area contributed by atoms with Gasteiger partial charge in [-0.15, -0.1) is 0 Å². The zero-order valence-electron chi connectivity index (χ0n) is 15.9. The van der Waals surface area contributed by atoms with Crippen LogP contribution < -0.4 is 0 Å². The van der Waals surface area contributed by atoms with Crippen molar-refractivity contribution in [3.05, 3.63) is 30.3 Å². The van der Waals surface area contributed by atoms with Crippen LogP contribution in [0.15, 0.2) is 28.9 Å². The molecule has 28 heavy (non-hydrogen) atoms. The lowest BCUT2D eigenvalue weighted by Gasteiger charge is -2.28. The Kier molecular flexibility index (Phi) is 4.26. The molecule has 3 heterocycles. The van der Waals surface area contributed by atoms with E-state index >= 15 is 0 Å². The molecule has 0 spiro atoms. The van der Waals surface area contributed by atoms with Gasteiger partial charge >= 0.3 is 6.09 Å². The number of benzene rings is 1. The Bertz CT molecular complexity index is 998. The summed E-state index contributed by atoms with van der Waals surface area (Å²) in [6.45, 7) is 1.28. The molecule has 0 atom stereocenters. The molecule has 0 unspecified atom stereocenters. The van der Waals surface area contributed by atoms with Crippen LogP contribution >= 0.6 is 0 Å². The topological polar surface area (TPSA) is 86.3 Å². The van der Waals surface area contributed by atoms with Gasteiger partial charge in [0.05, 0.1) is 24.9 Å². The number of rotatable bonds is 3. The van der Waals surface area contributed by atoms with Gasteiger partial charge in [-0.25, -0.2) is 4.79 Å². The molecule has 146 valence electrons. The summed E-state index contributed by atoms with van der Waals surface area (Å²) in [7, 11) is 1.41. The van der Waals surface area contributed by atoms with Crippen LogP contribution in [-0.2, 0) is 4.74 Å². The maximum Gasteiger partial charge on any atom is 0.409 e. The van der Waals surface area contributed by atoms with Crippen LogP contribution in [0.1, 0.15) is 50.0 Å². The van der Waals surface area contributed by atoms with E-state index in [-0.39, 0.29) is 12.0 Å². The predicted octanol–water partition coefficient (Wildman–Crippen LogP) is 3.76. The highest BCUT2D eigenvalue weighted by molar-refractivity contribution is 5.83. The lowest BCUT2D eigenvalue weighted by atomic mass is 9.93. The first-order valence-electron chi connectivity index (χ1n) is 9.87. The summed E-state index contributed by atoms with van der Waals surface area (Å²) in [4.78, 5) is 18.0. The largest absolute Gasteiger partial charge is 0.453 e. The van der Waals surface area contributed by atoms with Crippen molar-refractivity contribution in [1.82, 2.24) is 24.8 Å².